The van der Waals surface area contributed by atoms with Crippen LogP contribution in [0.2, 0.25) is 0 Å². The Bertz CT molecular complexity index is 1090. The number of methoxy groups -OCH3 is 1. The first-order valence-electron chi connectivity index (χ1n) is 10.4. The van der Waals surface area contributed by atoms with E-state index in [1.807, 2.05) is 32.9 Å². The monoisotopic (exact) mass is 433 g/mol. The molecule has 0 atom stereocenters. The largest absolute Gasteiger partial charge is 0.493 e. The molecule has 0 aliphatic rings. The number of amides is 1. The van der Waals surface area contributed by atoms with E-state index in [0.29, 0.717) is 29.2 Å². The summed E-state index contributed by atoms with van der Waals surface area (Å²) in [6.07, 6.45) is 0. The first-order valence-corrected chi connectivity index (χ1v) is 10.4. The van der Waals surface area contributed by atoms with Gasteiger partial charge in [-0.2, -0.15) is 0 Å². The summed E-state index contributed by atoms with van der Waals surface area (Å²) in [5.41, 5.74) is 4.49. The van der Waals surface area contributed by atoms with E-state index in [1.165, 1.54) is 7.11 Å². The fourth-order valence-corrected chi connectivity index (χ4v) is 3.32. The van der Waals surface area contributed by atoms with Gasteiger partial charge in [-0.25, -0.2) is 4.79 Å². The minimum absolute atomic E-state index is 0.271. The van der Waals surface area contributed by atoms with Gasteiger partial charge in [0.2, 0.25) is 0 Å². The van der Waals surface area contributed by atoms with Gasteiger partial charge in [-0.05, 0) is 86.5 Å². The van der Waals surface area contributed by atoms with Crippen molar-refractivity contribution in [3.8, 4) is 11.5 Å². The summed E-state index contributed by atoms with van der Waals surface area (Å²) < 4.78 is 16.4. The van der Waals surface area contributed by atoms with Crippen molar-refractivity contribution < 1.29 is 23.8 Å². The summed E-state index contributed by atoms with van der Waals surface area (Å²) in [6, 6.07) is 17.8. The predicted molar refractivity (Wildman–Crippen MR) is 124 cm³/mol. The maximum atomic E-state index is 12.8. The highest BCUT2D eigenvalue weighted by atomic mass is 16.5. The molecule has 0 fully saturated rings. The smallest absolute Gasteiger partial charge is 0.337 e. The van der Waals surface area contributed by atoms with E-state index >= 15 is 0 Å². The van der Waals surface area contributed by atoms with E-state index in [4.69, 9.17) is 9.47 Å². The third-order valence-corrected chi connectivity index (χ3v) is 4.78. The lowest BCUT2D eigenvalue weighted by Crippen LogP contribution is -2.13. The maximum Gasteiger partial charge on any atom is 0.337 e. The molecule has 0 saturated carbocycles. The highest BCUT2D eigenvalue weighted by molar-refractivity contribution is 6.04. The summed E-state index contributed by atoms with van der Waals surface area (Å²) in [5.74, 6) is 0.746. The molecule has 0 unspecified atom stereocenters. The van der Waals surface area contributed by atoms with Crippen LogP contribution in [-0.2, 0) is 11.3 Å². The van der Waals surface area contributed by atoms with Gasteiger partial charge in [0, 0.05) is 16.8 Å². The molecule has 0 radical (unpaired) electrons. The second kappa shape index (κ2) is 10.5. The van der Waals surface area contributed by atoms with E-state index < -0.39 is 5.97 Å². The summed E-state index contributed by atoms with van der Waals surface area (Å²) in [5, 5.41) is 2.84. The van der Waals surface area contributed by atoms with Crippen LogP contribution < -0.4 is 14.8 Å². The Labute approximate surface area is 188 Å². The highest BCUT2D eigenvalue weighted by Crippen LogP contribution is 2.24. The first kappa shape index (κ1) is 22.9. The van der Waals surface area contributed by atoms with Crippen molar-refractivity contribution in [2.75, 3.05) is 19.0 Å². The number of carbonyl (C=O) groups is 2. The molecule has 0 aliphatic carbocycles. The Morgan fingerprint density at radius 1 is 0.844 bits per heavy atom. The molecule has 1 amide bonds. The average Bonchev–Trinajstić information content (AvgIpc) is 2.78. The van der Waals surface area contributed by atoms with Crippen LogP contribution in [0.1, 0.15) is 44.3 Å². The number of ether oxygens (including phenoxy) is 3. The lowest BCUT2D eigenvalue weighted by Gasteiger charge is -2.14. The quantitative estimate of drug-likeness (QED) is 0.487. The van der Waals surface area contributed by atoms with E-state index in [0.717, 1.165) is 22.4 Å². The number of rotatable bonds is 8. The van der Waals surface area contributed by atoms with Gasteiger partial charge in [-0.1, -0.05) is 6.07 Å². The van der Waals surface area contributed by atoms with Gasteiger partial charge in [0.1, 0.15) is 18.1 Å². The Balaban J connectivity index is 1.76. The minimum Gasteiger partial charge on any atom is -0.493 e. The molecule has 0 aliphatic heterocycles. The fourth-order valence-electron chi connectivity index (χ4n) is 3.32. The summed E-state index contributed by atoms with van der Waals surface area (Å²) in [4.78, 5) is 24.3. The molecule has 3 rings (SSSR count). The van der Waals surface area contributed by atoms with Crippen molar-refractivity contribution in [3.63, 3.8) is 0 Å². The number of carbonyl (C=O) groups excluding carboxylic acids is 2. The van der Waals surface area contributed by atoms with Crippen LogP contribution in [-0.4, -0.2) is 25.6 Å². The second-order valence-electron chi connectivity index (χ2n) is 7.39. The third kappa shape index (κ3) is 5.88. The highest BCUT2D eigenvalue weighted by Gasteiger charge is 2.13. The molecule has 32 heavy (non-hydrogen) atoms. The number of aryl methyl sites for hydroxylation is 2. The van der Waals surface area contributed by atoms with Gasteiger partial charge in [0.15, 0.2) is 0 Å². The standard InChI is InChI=1S/C26H27NO5/c1-5-31-24-11-8-20(15-21(24)16-32-23-13-17(2)12-18(3)14-23)25(28)27-22-9-6-19(7-10-22)26(29)30-4/h6-15H,5,16H2,1-4H3,(H,27,28). The van der Waals surface area contributed by atoms with Crippen molar-refractivity contribution in [1.29, 1.82) is 0 Å². The van der Waals surface area contributed by atoms with Crippen LogP contribution in [0.5, 0.6) is 11.5 Å². The van der Waals surface area contributed by atoms with Crippen LogP contribution in [0.25, 0.3) is 0 Å². The van der Waals surface area contributed by atoms with Crippen LogP contribution in [0.4, 0.5) is 5.69 Å². The number of anilines is 1. The molecule has 1 N–H and O–H groups in total. The molecule has 0 spiro atoms. The second-order valence-corrected chi connectivity index (χ2v) is 7.39. The summed E-state index contributed by atoms with van der Waals surface area (Å²) in [6.45, 7) is 6.73. The number of hydrogen-bond acceptors (Lipinski definition) is 5. The zero-order chi connectivity index (χ0) is 23.1. The zero-order valence-electron chi connectivity index (χ0n) is 18.7. The first-order chi connectivity index (χ1) is 15.4. The molecule has 0 saturated heterocycles. The van der Waals surface area contributed by atoms with E-state index in [2.05, 4.69) is 16.1 Å². The molecule has 6 nitrogen and oxygen atoms in total. The molecule has 0 heterocycles. The Hall–Kier alpha value is -3.80. The van der Waals surface area contributed by atoms with Gasteiger partial charge < -0.3 is 19.5 Å². The average molecular weight is 434 g/mol. The van der Waals surface area contributed by atoms with Crippen LogP contribution in [0.15, 0.2) is 60.7 Å². The van der Waals surface area contributed by atoms with Crippen molar-refractivity contribution in [2.24, 2.45) is 0 Å². The Kier molecular flexibility index (Phi) is 7.49. The minimum atomic E-state index is -0.428. The molecular weight excluding hydrogens is 406 g/mol. The van der Waals surface area contributed by atoms with Crippen LogP contribution in [0, 0.1) is 13.8 Å². The SMILES string of the molecule is CCOc1ccc(C(=O)Nc2ccc(C(=O)OC)cc2)cc1COc1cc(C)cc(C)c1. The normalized spacial score (nSPS) is 10.4. The summed E-state index contributed by atoms with van der Waals surface area (Å²) in [7, 11) is 1.32. The number of benzene rings is 3. The fraction of sp³-hybridized carbons (Fsp3) is 0.231. The van der Waals surface area contributed by atoms with Crippen molar-refractivity contribution in [3.05, 3.63) is 88.5 Å². The lowest BCUT2D eigenvalue weighted by atomic mass is 10.1. The molecule has 0 bridgehead atoms. The molecule has 3 aromatic carbocycles. The molecule has 166 valence electrons. The van der Waals surface area contributed by atoms with Gasteiger partial charge in [0.25, 0.3) is 5.91 Å². The lowest BCUT2D eigenvalue weighted by molar-refractivity contribution is 0.0600. The van der Waals surface area contributed by atoms with Gasteiger partial charge in [-0.3, -0.25) is 4.79 Å². The van der Waals surface area contributed by atoms with E-state index in [-0.39, 0.29) is 12.5 Å². The molecule has 6 heteroatoms. The predicted octanol–water partition coefficient (Wildman–Crippen LogP) is 5.32. The van der Waals surface area contributed by atoms with Crippen molar-refractivity contribution in [1.82, 2.24) is 0 Å². The molecular formula is C26H27NO5. The Morgan fingerprint density at radius 3 is 2.12 bits per heavy atom. The maximum absolute atomic E-state index is 12.8. The van der Waals surface area contributed by atoms with Gasteiger partial charge >= 0.3 is 5.97 Å². The van der Waals surface area contributed by atoms with Crippen LogP contribution >= 0.6 is 0 Å². The number of esters is 1. The van der Waals surface area contributed by atoms with Crippen molar-refractivity contribution in [2.45, 2.75) is 27.4 Å². The molecule has 3 aromatic rings. The number of nitrogens with one attached hydrogen (secondary N) is 1. The zero-order valence-corrected chi connectivity index (χ0v) is 18.7. The van der Waals surface area contributed by atoms with Crippen LogP contribution in [0.3, 0.4) is 0 Å². The molecule has 0 aromatic heterocycles. The van der Waals surface area contributed by atoms with Gasteiger partial charge in [-0.15, -0.1) is 0 Å². The van der Waals surface area contributed by atoms with Crippen molar-refractivity contribution >= 4 is 17.6 Å². The van der Waals surface area contributed by atoms with E-state index in [1.54, 1.807) is 42.5 Å². The van der Waals surface area contributed by atoms with Gasteiger partial charge in [0.05, 0.1) is 19.3 Å². The van der Waals surface area contributed by atoms with E-state index in [9.17, 15) is 9.59 Å². The topological polar surface area (TPSA) is 73.9 Å². The third-order valence-electron chi connectivity index (χ3n) is 4.78. The number of hydrogen-bond donors (Lipinski definition) is 1. The Morgan fingerprint density at radius 2 is 1.50 bits per heavy atom. The summed E-state index contributed by atoms with van der Waals surface area (Å²) >= 11 is 0.